The van der Waals surface area contributed by atoms with E-state index in [1.54, 1.807) is 24.3 Å². The molecular formula is C13H12Cl2N2O2S. The molecule has 0 aliphatic heterocycles. The Kier molecular flexibility index (Phi) is 4.42. The number of halogens is 2. The van der Waals surface area contributed by atoms with Gasteiger partial charge in [0.05, 0.1) is 11.4 Å². The lowest BCUT2D eigenvalue weighted by atomic mass is 10.2. The molecule has 2 aromatic carbocycles. The van der Waals surface area contributed by atoms with Crippen LogP contribution in [-0.2, 0) is 15.8 Å². The second kappa shape index (κ2) is 5.91. The molecule has 0 saturated heterocycles. The Labute approximate surface area is 127 Å². The van der Waals surface area contributed by atoms with E-state index in [2.05, 4.69) is 4.72 Å². The highest BCUT2D eigenvalue weighted by atomic mass is 35.5. The van der Waals surface area contributed by atoms with Gasteiger partial charge in [-0.05, 0) is 35.9 Å². The van der Waals surface area contributed by atoms with Crippen molar-refractivity contribution < 1.29 is 8.42 Å². The predicted octanol–water partition coefficient (Wildman–Crippen LogP) is 3.52. The minimum Gasteiger partial charge on any atom is -0.399 e. The zero-order chi connectivity index (χ0) is 14.8. The van der Waals surface area contributed by atoms with Crippen molar-refractivity contribution >= 4 is 44.6 Å². The number of hydrogen-bond acceptors (Lipinski definition) is 3. The summed E-state index contributed by atoms with van der Waals surface area (Å²) in [6.07, 6.45) is 0. The van der Waals surface area contributed by atoms with Crippen molar-refractivity contribution in [1.82, 2.24) is 0 Å². The number of benzene rings is 2. The van der Waals surface area contributed by atoms with Crippen molar-refractivity contribution in [3.05, 3.63) is 58.1 Å². The number of nitrogens with one attached hydrogen (secondary N) is 1. The van der Waals surface area contributed by atoms with Gasteiger partial charge in [0.15, 0.2) is 0 Å². The molecule has 0 fully saturated rings. The van der Waals surface area contributed by atoms with Gasteiger partial charge in [0, 0.05) is 15.7 Å². The summed E-state index contributed by atoms with van der Waals surface area (Å²) < 4.78 is 26.5. The first-order valence-electron chi connectivity index (χ1n) is 5.65. The molecule has 3 N–H and O–H groups in total. The van der Waals surface area contributed by atoms with Gasteiger partial charge < -0.3 is 5.73 Å². The molecule has 0 aromatic heterocycles. The van der Waals surface area contributed by atoms with Gasteiger partial charge in [-0.15, -0.1) is 0 Å². The second-order valence-electron chi connectivity index (χ2n) is 4.26. The summed E-state index contributed by atoms with van der Waals surface area (Å²) in [5, 5.41) is 0.727. The molecule has 0 radical (unpaired) electrons. The van der Waals surface area contributed by atoms with Gasteiger partial charge in [-0.25, -0.2) is 8.42 Å². The van der Waals surface area contributed by atoms with Crippen molar-refractivity contribution in [3.63, 3.8) is 0 Å². The molecule has 4 nitrogen and oxygen atoms in total. The van der Waals surface area contributed by atoms with E-state index in [9.17, 15) is 8.42 Å². The molecule has 106 valence electrons. The number of hydrogen-bond donors (Lipinski definition) is 2. The highest BCUT2D eigenvalue weighted by Crippen LogP contribution is 2.23. The average molecular weight is 331 g/mol. The first kappa shape index (κ1) is 15.0. The lowest BCUT2D eigenvalue weighted by Crippen LogP contribution is -2.15. The minimum absolute atomic E-state index is 0.155. The fourth-order valence-corrected chi connectivity index (χ4v) is 3.37. The molecule has 0 spiro atoms. The summed E-state index contributed by atoms with van der Waals surface area (Å²) >= 11 is 11.6. The molecule has 0 unspecified atom stereocenters. The topological polar surface area (TPSA) is 72.2 Å². The largest absolute Gasteiger partial charge is 0.399 e. The summed E-state index contributed by atoms with van der Waals surface area (Å²) in [7, 11) is -3.54. The molecule has 0 saturated carbocycles. The normalized spacial score (nSPS) is 11.3. The van der Waals surface area contributed by atoms with Crippen LogP contribution in [0, 0.1) is 0 Å². The third-order valence-corrected chi connectivity index (χ3v) is 4.17. The van der Waals surface area contributed by atoms with E-state index in [4.69, 9.17) is 28.9 Å². The van der Waals surface area contributed by atoms with Crippen LogP contribution < -0.4 is 10.5 Å². The van der Waals surface area contributed by atoms with Gasteiger partial charge in [-0.1, -0.05) is 35.3 Å². The lowest BCUT2D eigenvalue weighted by molar-refractivity contribution is 0.600. The zero-order valence-electron chi connectivity index (χ0n) is 10.3. The SMILES string of the molecule is Nc1ccc(CS(=O)(=O)Nc2cc(Cl)cc(Cl)c2)cc1. The maximum absolute atomic E-state index is 12.0. The van der Waals surface area contributed by atoms with E-state index in [-0.39, 0.29) is 5.75 Å². The maximum Gasteiger partial charge on any atom is 0.236 e. The fourth-order valence-electron chi connectivity index (χ4n) is 1.66. The van der Waals surface area contributed by atoms with Crippen LogP contribution in [0.1, 0.15) is 5.56 Å². The highest BCUT2D eigenvalue weighted by Gasteiger charge is 2.12. The first-order chi connectivity index (χ1) is 9.34. The van der Waals surface area contributed by atoms with Gasteiger partial charge in [-0.2, -0.15) is 0 Å². The van der Waals surface area contributed by atoms with Gasteiger partial charge in [0.2, 0.25) is 10.0 Å². The van der Waals surface area contributed by atoms with Crippen LogP contribution in [-0.4, -0.2) is 8.42 Å². The number of rotatable bonds is 4. The summed E-state index contributed by atoms with van der Waals surface area (Å²) in [6.45, 7) is 0. The number of sulfonamides is 1. The highest BCUT2D eigenvalue weighted by molar-refractivity contribution is 7.91. The Bertz CT molecular complexity index is 695. The Morgan fingerprint density at radius 1 is 1.00 bits per heavy atom. The molecule has 0 amide bonds. The van der Waals surface area contributed by atoms with Crippen molar-refractivity contribution in [2.75, 3.05) is 10.5 Å². The summed E-state index contributed by atoms with van der Waals surface area (Å²) in [4.78, 5) is 0. The Hall–Kier alpha value is -1.43. The van der Waals surface area contributed by atoms with E-state index in [1.807, 2.05) is 0 Å². The average Bonchev–Trinajstić information content (AvgIpc) is 2.29. The quantitative estimate of drug-likeness (QED) is 0.842. The van der Waals surface area contributed by atoms with Crippen LogP contribution in [0.25, 0.3) is 0 Å². The van der Waals surface area contributed by atoms with Crippen LogP contribution >= 0.6 is 23.2 Å². The monoisotopic (exact) mass is 330 g/mol. The van der Waals surface area contributed by atoms with Crippen LogP contribution in [0.4, 0.5) is 11.4 Å². The Morgan fingerprint density at radius 3 is 2.10 bits per heavy atom. The first-order valence-corrected chi connectivity index (χ1v) is 8.06. The summed E-state index contributed by atoms with van der Waals surface area (Å²) in [6, 6.07) is 11.2. The zero-order valence-corrected chi connectivity index (χ0v) is 12.6. The predicted molar refractivity (Wildman–Crippen MR) is 83.6 cm³/mol. The summed E-state index contributed by atoms with van der Waals surface area (Å²) in [5.41, 5.74) is 7.11. The Morgan fingerprint density at radius 2 is 1.55 bits per heavy atom. The molecule has 0 aliphatic carbocycles. The third-order valence-electron chi connectivity index (χ3n) is 2.47. The standard InChI is InChI=1S/C13H12Cl2N2O2S/c14-10-5-11(15)7-13(6-10)17-20(18,19)8-9-1-3-12(16)4-2-9/h1-7,17H,8,16H2. The number of nitrogens with two attached hydrogens (primary N) is 1. The van der Waals surface area contributed by atoms with Crippen molar-refractivity contribution in [1.29, 1.82) is 0 Å². The van der Waals surface area contributed by atoms with Crippen molar-refractivity contribution in [2.24, 2.45) is 0 Å². The molecule has 2 aromatic rings. The van der Waals surface area contributed by atoms with Crippen molar-refractivity contribution in [3.8, 4) is 0 Å². The number of nitrogen functional groups attached to an aromatic ring is 1. The minimum atomic E-state index is -3.54. The molecule has 20 heavy (non-hydrogen) atoms. The second-order valence-corrected chi connectivity index (χ2v) is 6.86. The Balaban J connectivity index is 2.16. The van der Waals surface area contributed by atoms with Crippen LogP contribution in [0.15, 0.2) is 42.5 Å². The lowest BCUT2D eigenvalue weighted by Gasteiger charge is -2.09. The van der Waals surface area contributed by atoms with Gasteiger partial charge in [0.25, 0.3) is 0 Å². The van der Waals surface area contributed by atoms with E-state index in [0.717, 1.165) is 0 Å². The third kappa shape index (κ3) is 4.30. The van der Waals surface area contributed by atoms with Crippen LogP contribution in [0.3, 0.4) is 0 Å². The molecule has 0 atom stereocenters. The molecule has 0 aliphatic rings. The maximum atomic E-state index is 12.0. The van der Waals surface area contributed by atoms with E-state index < -0.39 is 10.0 Å². The van der Waals surface area contributed by atoms with E-state index in [0.29, 0.717) is 27.0 Å². The molecule has 0 heterocycles. The van der Waals surface area contributed by atoms with Crippen LogP contribution in [0.2, 0.25) is 10.0 Å². The van der Waals surface area contributed by atoms with E-state index >= 15 is 0 Å². The molecular weight excluding hydrogens is 319 g/mol. The van der Waals surface area contributed by atoms with Gasteiger partial charge >= 0.3 is 0 Å². The van der Waals surface area contributed by atoms with Crippen molar-refractivity contribution in [2.45, 2.75) is 5.75 Å². The molecule has 7 heteroatoms. The van der Waals surface area contributed by atoms with Crippen LogP contribution in [0.5, 0.6) is 0 Å². The molecule has 0 bridgehead atoms. The smallest absolute Gasteiger partial charge is 0.236 e. The fraction of sp³-hybridized carbons (Fsp3) is 0.0769. The van der Waals surface area contributed by atoms with Gasteiger partial charge in [-0.3, -0.25) is 4.72 Å². The number of anilines is 2. The summed E-state index contributed by atoms with van der Waals surface area (Å²) in [5.74, 6) is -0.155. The van der Waals surface area contributed by atoms with E-state index in [1.165, 1.54) is 18.2 Å². The molecule has 2 rings (SSSR count). The van der Waals surface area contributed by atoms with Gasteiger partial charge in [0.1, 0.15) is 0 Å².